The summed E-state index contributed by atoms with van der Waals surface area (Å²) in [7, 11) is 1.59. The summed E-state index contributed by atoms with van der Waals surface area (Å²) in [6.07, 6.45) is 4.46. The molecule has 1 aromatic heterocycles. The van der Waals surface area contributed by atoms with Gasteiger partial charge in [0.15, 0.2) is 0 Å². The van der Waals surface area contributed by atoms with E-state index in [0.29, 0.717) is 25.3 Å². The molecule has 2 amide bonds. The summed E-state index contributed by atoms with van der Waals surface area (Å²) < 4.78 is 7.25. The molecule has 1 aliphatic rings. The zero-order valence-corrected chi connectivity index (χ0v) is 14.6. The molecule has 0 spiro atoms. The van der Waals surface area contributed by atoms with Crippen molar-refractivity contribution >= 4 is 17.5 Å². The van der Waals surface area contributed by atoms with Crippen LogP contribution >= 0.6 is 0 Å². The number of carbonyl (C=O) groups is 2. The molecule has 0 radical (unpaired) electrons. The van der Waals surface area contributed by atoms with E-state index in [4.69, 9.17) is 4.74 Å². The van der Waals surface area contributed by atoms with Crippen molar-refractivity contribution in [2.24, 2.45) is 0 Å². The van der Waals surface area contributed by atoms with Gasteiger partial charge in [-0.15, -0.1) is 0 Å². The first-order valence-electron chi connectivity index (χ1n) is 8.50. The van der Waals surface area contributed by atoms with Crippen molar-refractivity contribution in [3.05, 3.63) is 48.8 Å². The van der Waals surface area contributed by atoms with Gasteiger partial charge in [-0.25, -0.2) is 0 Å². The van der Waals surface area contributed by atoms with E-state index in [0.717, 1.165) is 5.69 Å². The van der Waals surface area contributed by atoms with Crippen LogP contribution < -0.4 is 9.64 Å². The predicted molar refractivity (Wildman–Crippen MR) is 95.7 cm³/mol. The molecule has 1 saturated heterocycles. The number of amides is 2. The molecule has 6 nitrogen and oxygen atoms in total. The highest BCUT2D eigenvalue weighted by Crippen LogP contribution is 2.29. The van der Waals surface area contributed by atoms with E-state index in [9.17, 15) is 9.59 Å². The van der Waals surface area contributed by atoms with E-state index >= 15 is 0 Å². The number of rotatable bonds is 5. The SMILES string of the molecule is CC[C@H](C(=O)N1CCN(c2ccccc2OC)C(=O)C1)n1cccc1. The molecule has 132 valence electrons. The first-order valence-corrected chi connectivity index (χ1v) is 8.50. The van der Waals surface area contributed by atoms with Gasteiger partial charge < -0.3 is 19.1 Å². The van der Waals surface area contributed by atoms with Crippen LogP contribution in [0.15, 0.2) is 48.8 Å². The Morgan fingerprint density at radius 1 is 1.16 bits per heavy atom. The third kappa shape index (κ3) is 3.38. The van der Waals surface area contributed by atoms with E-state index in [1.807, 2.05) is 60.3 Å². The van der Waals surface area contributed by atoms with Gasteiger partial charge in [-0.2, -0.15) is 0 Å². The summed E-state index contributed by atoms with van der Waals surface area (Å²) in [5.41, 5.74) is 0.750. The predicted octanol–water partition coefficient (Wildman–Crippen LogP) is 2.32. The van der Waals surface area contributed by atoms with Crippen molar-refractivity contribution in [3.8, 4) is 5.75 Å². The Morgan fingerprint density at radius 2 is 1.88 bits per heavy atom. The first-order chi connectivity index (χ1) is 12.2. The second-order valence-electron chi connectivity index (χ2n) is 6.03. The molecule has 25 heavy (non-hydrogen) atoms. The van der Waals surface area contributed by atoms with Crippen molar-refractivity contribution in [3.63, 3.8) is 0 Å². The Balaban J connectivity index is 1.73. The molecule has 1 fully saturated rings. The molecular weight excluding hydrogens is 318 g/mol. The number of aromatic nitrogens is 1. The molecule has 1 aromatic carbocycles. The second kappa shape index (κ2) is 7.42. The smallest absolute Gasteiger partial charge is 0.246 e. The highest BCUT2D eigenvalue weighted by Gasteiger charge is 2.32. The lowest BCUT2D eigenvalue weighted by Gasteiger charge is -2.36. The van der Waals surface area contributed by atoms with Crippen LogP contribution in [-0.4, -0.2) is 48.0 Å². The van der Waals surface area contributed by atoms with Gasteiger partial charge >= 0.3 is 0 Å². The van der Waals surface area contributed by atoms with Gasteiger partial charge in [0, 0.05) is 25.5 Å². The molecule has 0 saturated carbocycles. The molecule has 0 N–H and O–H groups in total. The van der Waals surface area contributed by atoms with Crippen LogP contribution in [0.2, 0.25) is 0 Å². The van der Waals surface area contributed by atoms with E-state index in [-0.39, 0.29) is 24.4 Å². The Labute approximate surface area is 147 Å². The standard InChI is InChI=1S/C19H23N3O3/c1-3-15(20-10-6-7-11-20)19(24)21-12-13-22(18(23)14-21)16-8-4-5-9-17(16)25-2/h4-11,15H,3,12-14H2,1-2H3/t15-/m1/s1. The number of anilines is 1. The maximum absolute atomic E-state index is 12.8. The lowest BCUT2D eigenvalue weighted by molar-refractivity contribution is -0.139. The van der Waals surface area contributed by atoms with Crippen molar-refractivity contribution in [2.75, 3.05) is 31.6 Å². The van der Waals surface area contributed by atoms with Crippen LogP contribution in [0.5, 0.6) is 5.75 Å². The number of hydrogen-bond acceptors (Lipinski definition) is 3. The lowest BCUT2D eigenvalue weighted by atomic mass is 10.1. The zero-order chi connectivity index (χ0) is 17.8. The molecular formula is C19H23N3O3. The quantitative estimate of drug-likeness (QED) is 0.839. The summed E-state index contributed by atoms with van der Waals surface area (Å²) in [4.78, 5) is 28.8. The van der Waals surface area contributed by atoms with Crippen LogP contribution in [0.1, 0.15) is 19.4 Å². The van der Waals surface area contributed by atoms with Crippen LogP contribution in [0.3, 0.4) is 0 Å². The molecule has 2 heterocycles. The van der Waals surface area contributed by atoms with Crippen LogP contribution in [0.4, 0.5) is 5.69 Å². The van der Waals surface area contributed by atoms with E-state index < -0.39 is 0 Å². The van der Waals surface area contributed by atoms with Crippen LogP contribution in [0, 0.1) is 0 Å². The number of hydrogen-bond donors (Lipinski definition) is 0. The monoisotopic (exact) mass is 341 g/mol. The van der Waals surface area contributed by atoms with Crippen molar-refractivity contribution in [1.29, 1.82) is 0 Å². The Bertz CT molecular complexity index is 742. The number of methoxy groups -OCH3 is 1. The van der Waals surface area contributed by atoms with Gasteiger partial charge in [0.2, 0.25) is 11.8 Å². The van der Waals surface area contributed by atoms with Crippen molar-refractivity contribution in [2.45, 2.75) is 19.4 Å². The molecule has 0 aliphatic carbocycles. The number of piperazine rings is 1. The average molecular weight is 341 g/mol. The largest absolute Gasteiger partial charge is 0.495 e. The van der Waals surface area contributed by atoms with Gasteiger partial charge in [0.25, 0.3) is 0 Å². The van der Waals surface area contributed by atoms with Gasteiger partial charge in [-0.1, -0.05) is 19.1 Å². The van der Waals surface area contributed by atoms with Gasteiger partial charge in [-0.3, -0.25) is 9.59 Å². The minimum atomic E-state index is -0.263. The maximum Gasteiger partial charge on any atom is 0.246 e. The Hall–Kier alpha value is -2.76. The van der Waals surface area contributed by atoms with Crippen LogP contribution in [-0.2, 0) is 9.59 Å². The minimum absolute atomic E-state index is 0.00766. The fourth-order valence-corrected chi connectivity index (χ4v) is 3.25. The average Bonchev–Trinajstić information content (AvgIpc) is 3.16. The maximum atomic E-state index is 12.8. The van der Waals surface area contributed by atoms with Gasteiger partial charge in [0.1, 0.15) is 18.3 Å². The lowest BCUT2D eigenvalue weighted by Crippen LogP contribution is -2.53. The zero-order valence-electron chi connectivity index (χ0n) is 14.6. The van der Waals surface area contributed by atoms with Gasteiger partial charge in [0.05, 0.1) is 12.8 Å². The highest BCUT2D eigenvalue weighted by molar-refractivity contribution is 5.99. The fraction of sp³-hybridized carbons (Fsp3) is 0.368. The molecule has 3 rings (SSSR count). The van der Waals surface area contributed by atoms with E-state index in [1.54, 1.807) is 16.9 Å². The number of ether oxygens (including phenoxy) is 1. The van der Waals surface area contributed by atoms with Crippen LogP contribution in [0.25, 0.3) is 0 Å². The third-order valence-corrected chi connectivity index (χ3v) is 4.57. The number of para-hydroxylation sites is 2. The van der Waals surface area contributed by atoms with Crippen molar-refractivity contribution in [1.82, 2.24) is 9.47 Å². The van der Waals surface area contributed by atoms with Crippen molar-refractivity contribution < 1.29 is 14.3 Å². The Kier molecular flexibility index (Phi) is 5.07. The topological polar surface area (TPSA) is 54.8 Å². The summed E-state index contributed by atoms with van der Waals surface area (Å²) in [5, 5.41) is 0. The van der Waals surface area contributed by atoms with E-state index in [2.05, 4.69) is 0 Å². The molecule has 1 aliphatic heterocycles. The summed E-state index contributed by atoms with van der Waals surface area (Å²) in [5.74, 6) is 0.563. The molecule has 0 bridgehead atoms. The number of nitrogens with zero attached hydrogens (tertiary/aromatic N) is 3. The molecule has 2 aromatic rings. The molecule has 0 unspecified atom stereocenters. The fourth-order valence-electron chi connectivity index (χ4n) is 3.25. The summed E-state index contributed by atoms with van der Waals surface area (Å²) in [6.45, 7) is 3.05. The summed E-state index contributed by atoms with van der Waals surface area (Å²) in [6, 6.07) is 11.0. The minimum Gasteiger partial charge on any atom is -0.495 e. The Morgan fingerprint density at radius 3 is 2.52 bits per heavy atom. The summed E-state index contributed by atoms with van der Waals surface area (Å²) >= 11 is 0. The highest BCUT2D eigenvalue weighted by atomic mass is 16.5. The molecule has 1 atom stereocenters. The second-order valence-corrected chi connectivity index (χ2v) is 6.03. The normalized spacial score (nSPS) is 16.0. The number of carbonyl (C=O) groups excluding carboxylic acids is 2. The third-order valence-electron chi connectivity index (χ3n) is 4.57. The first kappa shape index (κ1) is 17.1. The van der Waals surface area contributed by atoms with E-state index in [1.165, 1.54) is 0 Å². The van der Waals surface area contributed by atoms with Gasteiger partial charge in [-0.05, 0) is 30.7 Å². The number of benzene rings is 1. The molecule has 6 heteroatoms.